The minimum atomic E-state index is 0.100. The highest BCUT2D eigenvalue weighted by molar-refractivity contribution is 5.93. The number of para-hydroxylation sites is 3. The molecule has 35 heavy (non-hydrogen) atoms. The van der Waals surface area contributed by atoms with E-state index in [1.165, 1.54) is 0 Å². The first kappa shape index (κ1) is 22.2. The van der Waals surface area contributed by atoms with E-state index >= 15 is 0 Å². The maximum Gasteiger partial charge on any atom is 0.151 e. The Morgan fingerprint density at radius 2 is 1.69 bits per heavy atom. The number of rotatable bonds is 6. The zero-order valence-electron chi connectivity index (χ0n) is 19.9. The third-order valence-corrected chi connectivity index (χ3v) is 5.71. The van der Waals surface area contributed by atoms with Crippen LogP contribution in [0.25, 0.3) is 39.6 Å². The number of imidazole rings is 1. The molecule has 0 atom stereocenters. The number of aryl methyl sites for hydroxylation is 1. The van der Waals surface area contributed by atoms with Crippen molar-refractivity contribution < 1.29 is 4.74 Å². The number of fused-ring (bicyclic) bond motifs is 1. The predicted molar refractivity (Wildman–Crippen MR) is 139 cm³/mol. The van der Waals surface area contributed by atoms with Crippen molar-refractivity contribution in [3.63, 3.8) is 0 Å². The molecule has 0 aliphatic rings. The molecule has 0 unspecified atom stereocenters. The van der Waals surface area contributed by atoms with Crippen molar-refractivity contribution in [3.05, 3.63) is 96.4 Å². The van der Waals surface area contributed by atoms with E-state index in [2.05, 4.69) is 6.07 Å². The van der Waals surface area contributed by atoms with Gasteiger partial charge in [0.2, 0.25) is 0 Å². The molecule has 0 spiro atoms. The van der Waals surface area contributed by atoms with Gasteiger partial charge in [-0.05, 0) is 68.5 Å². The van der Waals surface area contributed by atoms with Gasteiger partial charge in [0, 0.05) is 24.4 Å². The van der Waals surface area contributed by atoms with Gasteiger partial charge in [-0.15, -0.1) is 0 Å². The van der Waals surface area contributed by atoms with Crippen LogP contribution in [0.15, 0.2) is 85.1 Å². The lowest BCUT2D eigenvalue weighted by atomic mass is 10.1. The van der Waals surface area contributed by atoms with E-state index in [9.17, 15) is 5.26 Å². The van der Waals surface area contributed by atoms with Gasteiger partial charge in [-0.1, -0.05) is 30.3 Å². The molecule has 6 nitrogen and oxygen atoms in total. The Hall–Kier alpha value is -4.63. The first-order chi connectivity index (χ1) is 17.0. The van der Waals surface area contributed by atoms with Crippen molar-refractivity contribution in [1.29, 1.82) is 5.26 Å². The molecule has 2 heterocycles. The molecule has 5 rings (SSSR count). The molecule has 0 saturated heterocycles. The summed E-state index contributed by atoms with van der Waals surface area (Å²) in [5.41, 5.74) is 5.78. The number of hydrogen-bond acceptors (Lipinski definition) is 4. The molecule has 0 saturated carbocycles. The summed E-state index contributed by atoms with van der Waals surface area (Å²) >= 11 is 0. The van der Waals surface area contributed by atoms with E-state index < -0.39 is 0 Å². The molecule has 2 aromatic heterocycles. The first-order valence-corrected chi connectivity index (χ1v) is 11.5. The highest BCUT2D eigenvalue weighted by Gasteiger charge is 2.16. The average molecular weight is 460 g/mol. The van der Waals surface area contributed by atoms with Crippen LogP contribution in [0.1, 0.15) is 25.2 Å². The lowest BCUT2D eigenvalue weighted by Gasteiger charge is -2.09. The Morgan fingerprint density at radius 3 is 2.37 bits per heavy atom. The SMILES string of the molecule is CC(C)Oc1ccc(-c2nn(-c3ccccc3)cc2C=C(C#N)c2nc3ccccc3n2C)cc1. The van der Waals surface area contributed by atoms with Crippen LogP contribution in [-0.2, 0) is 7.05 Å². The molecule has 0 N–H and O–H groups in total. The van der Waals surface area contributed by atoms with E-state index in [0.29, 0.717) is 11.4 Å². The third kappa shape index (κ3) is 4.44. The highest BCUT2D eigenvalue weighted by atomic mass is 16.5. The summed E-state index contributed by atoms with van der Waals surface area (Å²) in [5.74, 6) is 1.42. The number of benzene rings is 3. The molecule has 0 aliphatic carbocycles. The zero-order valence-corrected chi connectivity index (χ0v) is 19.9. The second kappa shape index (κ2) is 9.32. The van der Waals surface area contributed by atoms with Crippen LogP contribution in [0.4, 0.5) is 0 Å². The number of aromatic nitrogens is 4. The van der Waals surface area contributed by atoms with E-state index in [1.54, 1.807) is 0 Å². The van der Waals surface area contributed by atoms with E-state index in [0.717, 1.165) is 39.3 Å². The number of hydrogen-bond donors (Lipinski definition) is 0. The maximum absolute atomic E-state index is 10.1. The van der Waals surface area contributed by atoms with Gasteiger partial charge in [-0.3, -0.25) is 0 Å². The second-order valence-corrected chi connectivity index (χ2v) is 8.56. The highest BCUT2D eigenvalue weighted by Crippen LogP contribution is 2.30. The molecular weight excluding hydrogens is 434 g/mol. The Balaban J connectivity index is 1.64. The molecular formula is C29H25N5O. The van der Waals surface area contributed by atoms with Gasteiger partial charge in [-0.25, -0.2) is 9.67 Å². The van der Waals surface area contributed by atoms with Crippen molar-refractivity contribution in [3.8, 4) is 28.8 Å². The monoisotopic (exact) mass is 459 g/mol. The molecule has 0 bridgehead atoms. The molecule has 3 aromatic carbocycles. The van der Waals surface area contributed by atoms with Crippen LogP contribution >= 0.6 is 0 Å². The number of allylic oxidation sites excluding steroid dienone is 1. The van der Waals surface area contributed by atoms with Gasteiger partial charge in [0.15, 0.2) is 5.82 Å². The number of ether oxygens (including phenoxy) is 1. The number of nitriles is 1. The fourth-order valence-corrected chi connectivity index (χ4v) is 4.08. The standard InChI is InChI=1S/C29H25N5O/c1-20(2)35-25-15-13-21(14-16-25)28-23(19-34(32-28)24-9-5-4-6-10-24)17-22(18-30)29-31-26-11-7-8-12-27(26)33(29)3/h4-17,19-20H,1-3H3. The lowest BCUT2D eigenvalue weighted by molar-refractivity contribution is 0.242. The first-order valence-electron chi connectivity index (χ1n) is 11.5. The quantitative estimate of drug-likeness (QED) is 0.280. The van der Waals surface area contributed by atoms with E-state index in [4.69, 9.17) is 14.8 Å². The minimum absolute atomic E-state index is 0.100. The van der Waals surface area contributed by atoms with Crippen LogP contribution in [-0.4, -0.2) is 25.4 Å². The van der Waals surface area contributed by atoms with Gasteiger partial charge in [0.05, 0.1) is 34.1 Å². The van der Waals surface area contributed by atoms with Crippen molar-refractivity contribution in [2.24, 2.45) is 7.05 Å². The summed E-state index contributed by atoms with van der Waals surface area (Å²) in [4.78, 5) is 4.71. The van der Waals surface area contributed by atoms with Crippen molar-refractivity contribution in [1.82, 2.24) is 19.3 Å². The summed E-state index contributed by atoms with van der Waals surface area (Å²) < 4.78 is 9.59. The minimum Gasteiger partial charge on any atom is -0.491 e. The normalized spacial score (nSPS) is 11.7. The Labute approximate surface area is 204 Å². The van der Waals surface area contributed by atoms with Crippen LogP contribution in [0.5, 0.6) is 5.75 Å². The second-order valence-electron chi connectivity index (χ2n) is 8.56. The fourth-order valence-electron chi connectivity index (χ4n) is 4.08. The van der Waals surface area contributed by atoms with Crippen molar-refractivity contribution in [2.45, 2.75) is 20.0 Å². The summed E-state index contributed by atoms with van der Waals surface area (Å²) in [7, 11) is 1.93. The molecule has 0 amide bonds. The van der Waals surface area contributed by atoms with Crippen molar-refractivity contribution >= 4 is 22.7 Å². The van der Waals surface area contributed by atoms with Crippen LogP contribution < -0.4 is 4.74 Å². The van der Waals surface area contributed by atoms with Crippen LogP contribution in [0, 0.1) is 11.3 Å². The Kier molecular flexibility index (Phi) is 5.90. The maximum atomic E-state index is 10.1. The molecule has 6 heteroatoms. The van der Waals surface area contributed by atoms with Crippen molar-refractivity contribution in [2.75, 3.05) is 0 Å². The Bertz CT molecular complexity index is 1550. The average Bonchev–Trinajstić information content (AvgIpc) is 3.45. The summed E-state index contributed by atoms with van der Waals surface area (Å²) in [6.07, 6.45) is 3.91. The lowest BCUT2D eigenvalue weighted by Crippen LogP contribution is -2.05. The third-order valence-electron chi connectivity index (χ3n) is 5.71. The summed E-state index contributed by atoms with van der Waals surface area (Å²) in [6.45, 7) is 4.01. The van der Waals surface area contributed by atoms with Crippen LogP contribution in [0.2, 0.25) is 0 Å². The predicted octanol–water partition coefficient (Wildman–Crippen LogP) is 6.28. The molecule has 172 valence electrons. The topological polar surface area (TPSA) is 68.7 Å². The van der Waals surface area contributed by atoms with Gasteiger partial charge in [0.25, 0.3) is 0 Å². The smallest absolute Gasteiger partial charge is 0.151 e. The zero-order chi connectivity index (χ0) is 24.4. The Morgan fingerprint density at radius 1 is 0.971 bits per heavy atom. The largest absolute Gasteiger partial charge is 0.491 e. The van der Waals surface area contributed by atoms with Gasteiger partial charge < -0.3 is 9.30 Å². The summed E-state index contributed by atoms with van der Waals surface area (Å²) in [5, 5.41) is 15.0. The molecule has 5 aromatic rings. The fraction of sp³-hybridized carbons (Fsp3) is 0.138. The molecule has 0 radical (unpaired) electrons. The van der Waals surface area contributed by atoms with Crippen LogP contribution in [0.3, 0.4) is 0 Å². The molecule has 0 aliphatic heterocycles. The van der Waals surface area contributed by atoms with E-state index in [-0.39, 0.29) is 6.10 Å². The van der Waals surface area contributed by atoms with Gasteiger partial charge in [-0.2, -0.15) is 10.4 Å². The van der Waals surface area contributed by atoms with Gasteiger partial charge >= 0.3 is 0 Å². The summed E-state index contributed by atoms with van der Waals surface area (Å²) in [6, 6.07) is 28.0. The molecule has 0 fully saturated rings. The van der Waals surface area contributed by atoms with Gasteiger partial charge in [0.1, 0.15) is 11.8 Å². The number of nitrogens with zero attached hydrogens (tertiary/aromatic N) is 5. The van der Waals surface area contributed by atoms with E-state index in [1.807, 2.05) is 121 Å².